The summed E-state index contributed by atoms with van der Waals surface area (Å²) in [5, 5.41) is 0.650. The van der Waals surface area contributed by atoms with E-state index in [1.807, 2.05) is 18.2 Å². The van der Waals surface area contributed by atoms with E-state index in [2.05, 4.69) is 0 Å². The summed E-state index contributed by atoms with van der Waals surface area (Å²) in [6.07, 6.45) is 1.49. The summed E-state index contributed by atoms with van der Waals surface area (Å²) < 4.78 is 13.7. The third kappa shape index (κ3) is 2.71. The highest BCUT2D eigenvalue weighted by Gasteiger charge is 1.98. The van der Waals surface area contributed by atoms with Gasteiger partial charge in [0.1, 0.15) is 5.83 Å². The molecule has 0 amide bonds. The highest BCUT2D eigenvalue weighted by atomic mass is 35.5. The second kappa shape index (κ2) is 4.95. The second-order valence-electron chi connectivity index (χ2n) is 3.41. The average Bonchev–Trinajstić information content (AvgIpc) is 2.33. The van der Waals surface area contributed by atoms with E-state index in [9.17, 15) is 4.39 Å². The SMILES string of the molecule is F/C(=C/c1ccc(Cl)cc1)c1ccccc1. The lowest BCUT2D eigenvalue weighted by Crippen LogP contribution is -1.77. The number of hydrogen-bond acceptors (Lipinski definition) is 0. The topological polar surface area (TPSA) is 0 Å². The molecule has 0 bridgehead atoms. The maximum Gasteiger partial charge on any atom is 0.131 e. The van der Waals surface area contributed by atoms with Crippen molar-refractivity contribution in [2.24, 2.45) is 0 Å². The van der Waals surface area contributed by atoms with Crippen LogP contribution in [0.5, 0.6) is 0 Å². The molecule has 0 nitrogen and oxygen atoms in total. The van der Waals surface area contributed by atoms with Gasteiger partial charge in [0.25, 0.3) is 0 Å². The summed E-state index contributed by atoms with van der Waals surface area (Å²) >= 11 is 5.75. The van der Waals surface area contributed by atoms with Gasteiger partial charge in [-0.25, -0.2) is 4.39 Å². The molecule has 80 valence electrons. The minimum Gasteiger partial charge on any atom is -0.206 e. The van der Waals surface area contributed by atoms with E-state index in [1.54, 1.807) is 36.4 Å². The summed E-state index contributed by atoms with van der Waals surface area (Å²) in [6, 6.07) is 16.0. The Labute approximate surface area is 99.0 Å². The zero-order valence-electron chi connectivity index (χ0n) is 8.53. The van der Waals surface area contributed by atoms with Crippen LogP contribution in [-0.2, 0) is 0 Å². The Balaban J connectivity index is 2.28. The Hall–Kier alpha value is -1.60. The van der Waals surface area contributed by atoms with Crippen LogP contribution in [0.2, 0.25) is 5.02 Å². The molecule has 16 heavy (non-hydrogen) atoms. The molecule has 2 aromatic rings. The van der Waals surface area contributed by atoms with Crippen LogP contribution in [-0.4, -0.2) is 0 Å². The van der Waals surface area contributed by atoms with Crippen LogP contribution in [0.1, 0.15) is 11.1 Å². The summed E-state index contributed by atoms with van der Waals surface area (Å²) in [5.74, 6) is -0.247. The third-order valence-electron chi connectivity index (χ3n) is 2.21. The van der Waals surface area contributed by atoms with Crippen molar-refractivity contribution in [2.75, 3.05) is 0 Å². The van der Waals surface area contributed by atoms with Crippen LogP contribution >= 0.6 is 11.6 Å². The van der Waals surface area contributed by atoms with Crippen LogP contribution in [0, 0.1) is 0 Å². The minimum absolute atomic E-state index is 0.247. The highest BCUT2D eigenvalue weighted by molar-refractivity contribution is 6.30. The van der Waals surface area contributed by atoms with E-state index in [-0.39, 0.29) is 5.83 Å². The Morgan fingerprint density at radius 3 is 2.19 bits per heavy atom. The zero-order valence-corrected chi connectivity index (χ0v) is 9.29. The predicted molar refractivity (Wildman–Crippen MR) is 66.9 cm³/mol. The first-order valence-electron chi connectivity index (χ1n) is 4.94. The molecule has 0 saturated carbocycles. The van der Waals surface area contributed by atoms with Crippen molar-refractivity contribution in [1.82, 2.24) is 0 Å². The number of benzene rings is 2. The first-order valence-corrected chi connectivity index (χ1v) is 5.32. The van der Waals surface area contributed by atoms with Gasteiger partial charge in [0.15, 0.2) is 0 Å². The largest absolute Gasteiger partial charge is 0.206 e. The van der Waals surface area contributed by atoms with E-state index >= 15 is 0 Å². The van der Waals surface area contributed by atoms with Crippen molar-refractivity contribution >= 4 is 23.5 Å². The van der Waals surface area contributed by atoms with E-state index in [0.29, 0.717) is 10.6 Å². The molecule has 0 radical (unpaired) electrons. The fraction of sp³-hybridized carbons (Fsp3) is 0. The zero-order chi connectivity index (χ0) is 11.4. The lowest BCUT2D eigenvalue weighted by atomic mass is 10.1. The molecule has 0 spiro atoms. The first kappa shape index (κ1) is 10.9. The molecule has 0 aliphatic carbocycles. The van der Waals surface area contributed by atoms with Crippen molar-refractivity contribution in [3.63, 3.8) is 0 Å². The first-order chi connectivity index (χ1) is 7.75. The van der Waals surface area contributed by atoms with E-state index < -0.39 is 0 Å². The van der Waals surface area contributed by atoms with Gasteiger partial charge in [-0.05, 0) is 23.8 Å². The molecule has 0 heterocycles. The fourth-order valence-corrected chi connectivity index (χ4v) is 1.51. The van der Waals surface area contributed by atoms with Gasteiger partial charge in [-0.1, -0.05) is 54.1 Å². The average molecular weight is 233 g/mol. The van der Waals surface area contributed by atoms with E-state index in [1.165, 1.54) is 6.08 Å². The number of rotatable bonds is 2. The van der Waals surface area contributed by atoms with Crippen LogP contribution in [0.4, 0.5) is 4.39 Å². The molecule has 0 N–H and O–H groups in total. The maximum absolute atomic E-state index is 13.7. The molecule has 0 aliphatic rings. The standard InChI is InChI=1S/C14H10ClF/c15-13-8-6-11(7-9-13)10-14(16)12-4-2-1-3-5-12/h1-10H/b14-10+. The molecule has 0 unspecified atom stereocenters. The van der Waals surface area contributed by atoms with Crippen molar-refractivity contribution < 1.29 is 4.39 Å². The Morgan fingerprint density at radius 2 is 1.56 bits per heavy atom. The molecule has 2 aromatic carbocycles. The molecule has 0 aliphatic heterocycles. The second-order valence-corrected chi connectivity index (χ2v) is 3.85. The van der Waals surface area contributed by atoms with E-state index in [4.69, 9.17) is 11.6 Å². The van der Waals surface area contributed by atoms with Crippen molar-refractivity contribution in [2.45, 2.75) is 0 Å². The smallest absolute Gasteiger partial charge is 0.131 e. The lowest BCUT2D eigenvalue weighted by molar-refractivity contribution is 0.765. The lowest BCUT2D eigenvalue weighted by Gasteiger charge is -1.98. The Bertz CT molecular complexity index is 486. The minimum atomic E-state index is -0.247. The fourth-order valence-electron chi connectivity index (χ4n) is 1.39. The highest BCUT2D eigenvalue weighted by Crippen LogP contribution is 2.20. The van der Waals surface area contributed by atoms with Crippen molar-refractivity contribution in [3.8, 4) is 0 Å². The molecule has 0 atom stereocenters. The monoisotopic (exact) mass is 232 g/mol. The quantitative estimate of drug-likeness (QED) is 0.652. The number of halogens is 2. The van der Waals surface area contributed by atoms with Gasteiger partial charge in [0, 0.05) is 10.6 Å². The molecule has 2 rings (SSSR count). The summed E-state index contributed by atoms with van der Waals surface area (Å²) in [6.45, 7) is 0. The molecule has 0 aromatic heterocycles. The van der Waals surface area contributed by atoms with Crippen LogP contribution in [0.15, 0.2) is 54.6 Å². The van der Waals surface area contributed by atoms with Gasteiger partial charge in [-0.15, -0.1) is 0 Å². The third-order valence-corrected chi connectivity index (χ3v) is 2.46. The van der Waals surface area contributed by atoms with Crippen LogP contribution < -0.4 is 0 Å². The van der Waals surface area contributed by atoms with Gasteiger partial charge in [0.2, 0.25) is 0 Å². The van der Waals surface area contributed by atoms with Crippen LogP contribution in [0.25, 0.3) is 11.9 Å². The molecule has 2 heteroatoms. The van der Waals surface area contributed by atoms with Crippen molar-refractivity contribution in [3.05, 3.63) is 70.7 Å². The number of hydrogen-bond donors (Lipinski definition) is 0. The summed E-state index contributed by atoms with van der Waals surface area (Å²) in [5.41, 5.74) is 1.38. The molecular formula is C14H10ClF. The van der Waals surface area contributed by atoms with Gasteiger partial charge in [-0.2, -0.15) is 0 Å². The van der Waals surface area contributed by atoms with Gasteiger partial charge in [0.05, 0.1) is 0 Å². The van der Waals surface area contributed by atoms with Gasteiger partial charge >= 0.3 is 0 Å². The Kier molecular flexibility index (Phi) is 3.37. The maximum atomic E-state index is 13.7. The van der Waals surface area contributed by atoms with Gasteiger partial charge in [-0.3, -0.25) is 0 Å². The molecular weight excluding hydrogens is 223 g/mol. The van der Waals surface area contributed by atoms with Crippen molar-refractivity contribution in [1.29, 1.82) is 0 Å². The normalized spacial score (nSPS) is 11.5. The Morgan fingerprint density at radius 1 is 0.938 bits per heavy atom. The van der Waals surface area contributed by atoms with Gasteiger partial charge < -0.3 is 0 Å². The predicted octanol–water partition coefficient (Wildman–Crippen LogP) is 4.81. The molecule has 0 saturated heterocycles. The molecule has 0 fully saturated rings. The van der Waals surface area contributed by atoms with E-state index in [0.717, 1.165) is 5.56 Å². The van der Waals surface area contributed by atoms with Crippen LogP contribution in [0.3, 0.4) is 0 Å². The summed E-state index contributed by atoms with van der Waals surface area (Å²) in [4.78, 5) is 0. The summed E-state index contributed by atoms with van der Waals surface area (Å²) in [7, 11) is 0.